The molecule has 4 rings (SSSR count). The van der Waals surface area contributed by atoms with Gasteiger partial charge in [-0.2, -0.15) is 0 Å². The minimum Gasteiger partial charge on any atom is -0.379 e. The van der Waals surface area contributed by atoms with Crippen LogP contribution in [0.25, 0.3) is 0 Å². The van der Waals surface area contributed by atoms with Crippen molar-refractivity contribution in [2.45, 2.75) is 18.9 Å². The average molecular weight is 442 g/mol. The van der Waals surface area contributed by atoms with Crippen molar-refractivity contribution < 1.29 is 18.8 Å². The zero-order valence-electron chi connectivity index (χ0n) is 17.8. The normalized spacial score (nSPS) is 17.8. The van der Waals surface area contributed by atoms with Crippen LogP contribution in [0.3, 0.4) is 0 Å². The maximum absolute atomic E-state index is 13.4. The number of nitro benzene ring substituents is 1. The minimum absolute atomic E-state index is 0.0530. The molecule has 32 heavy (non-hydrogen) atoms. The van der Waals surface area contributed by atoms with Crippen molar-refractivity contribution in [1.82, 2.24) is 10.2 Å². The maximum atomic E-state index is 13.4. The Morgan fingerprint density at radius 3 is 2.44 bits per heavy atom. The molecule has 2 aromatic rings. The van der Waals surface area contributed by atoms with Crippen molar-refractivity contribution in [1.29, 1.82) is 0 Å². The molecule has 0 unspecified atom stereocenters. The van der Waals surface area contributed by atoms with Crippen LogP contribution in [0.2, 0.25) is 0 Å². The highest BCUT2D eigenvalue weighted by Crippen LogP contribution is 2.31. The third-order valence-corrected chi connectivity index (χ3v) is 6.08. The maximum Gasteiger partial charge on any atom is 0.293 e. The number of carbonyl (C=O) groups is 1. The minimum atomic E-state index is -0.431. The van der Waals surface area contributed by atoms with E-state index in [2.05, 4.69) is 10.2 Å². The summed E-state index contributed by atoms with van der Waals surface area (Å²) < 4.78 is 18.8. The lowest BCUT2D eigenvalue weighted by molar-refractivity contribution is -0.384. The number of carbonyl (C=O) groups excluding carboxylic acids is 1. The molecule has 8 nitrogen and oxygen atoms in total. The van der Waals surface area contributed by atoms with E-state index in [1.807, 2.05) is 4.90 Å². The molecule has 0 spiro atoms. The Morgan fingerprint density at radius 1 is 1.09 bits per heavy atom. The van der Waals surface area contributed by atoms with Gasteiger partial charge in [0.05, 0.1) is 24.2 Å². The van der Waals surface area contributed by atoms with Crippen molar-refractivity contribution in [2.24, 2.45) is 0 Å². The van der Waals surface area contributed by atoms with Gasteiger partial charge in [-0.3, -0.25) is 19.8 Å². The SMILES string of the molecule is O=C(NC[C@H](c1ccc(F)cc1)N1CCOCC1)c1ccc(N2CCCC2)c([N+](=O)[O-])c1. The van der Waals surface area contributed by atoms with Gasteiger partial charge in [0, 0.05) is 44.4 Å². The average Bonchev–Trinajstić information content (AvgIpc) is 3.35. The molecule has 2 fully saturated rings. The first kappa shape index (κ1) is 22.2. The molecule has 1 amide bonds. The molecule has 2 aliphatic heterocycles. The molecule has 170 valence electrons. The molecular weight excluding hydrogens is 415 g/mol. The van der Waals surface area contributed by atoms with E-state index in [0.717, 1.165) is 31.5 Å². The monoisotopic (exact) mass is 442 g/mol. The Morgan fingerprint density at radius 2 is 1.78 bits per heavy atom. The van der Waals surface area contributed by atoms with Crippen molar-refractivity contribution in [2.75, 3.05) is 50.8 Å². The summed E-state index contributed by atoms with van der Waals surface area (Å²) in [6.07, 6.45) is 2.01. The van der Waals surface area contributed by atoms with E-state index in [1.54, 1.807) is 24.3 Å². The molecule has 0 bridgehead atoms. The highest BCUT2D eigenvalue weighted by atomic mass is 19.1. The summed E-state index contributed by atoms with van der Waals surface area (Å²) in [4.78, 5) is 28.3. The Kier molecular flexibility index (Phi) is 6.96. The van der Waals surface area contributed by atoms with Gasteiger partial charge in [-0.15, -0.1) is 0 Å². The third-order valence-electron chi connectivity index (χ3n) is 6.08. The molecule has 1 atom stereocenters. The number of nitrogens with one attached hydrogen (secondary N) is 1. The van der Waals surface area contributed by atoms with Gasteiger partial charge in [0.25, 0.3) is 11.6 Å². The summed E-state index contributed by atoms with van der Waals surface area (Å²) in [5.41, 5.74) is 1.65. The first-order valence-electron chi connectivity index (χ1n) is 10.9. The number of hydrogen-bond donors (Lipinski definition) is 1. The molecule has 2 aliphatic rings. The number of nitrogens with zero attached hydrogens (tertiary/aromatic N) is 3. The van der Waals surface area contributed by atoms with Crippen LogP contribution in [-0.2, 0) is 4.74 Å². The summed E-state index contributed by atoms with van der Waals surface area (Å²) in [6, 6.07) is 10.8. The Labute approximate surface area is 186 Å². The topological polar surface area (TPSA) is 88.0 Å². The zero-order chi connectivity index (χ0) is 22.5. The van der Waals surface area contributed by atoms with Gasteiger partial charge in [-0.1, -0.05) is 12.1 Å². The van der Waals surface area contributed by atoms with E-state index in [-0.39, 0.29) is 29.0 Å². The van der Waals surface area contributed by atoms with Crippen LogP contribution in [0.15, 0.2) is 42.5 Å². The van der Waals surface area contributed by atoms with E-state index in [1.165, 1.54) is 18.2 Å². The molecule has 2 saturated heterocycles. The molecule has 2 heterocycles. The van der Waals surface area contributed by atoms with Crippen LogP contribution in [-0.4, -0.2) is 61.7 Å². The number of benzene rings is 2. The second-order valence-corrected chi connectivity index (χ2v) is 8.08. The summed E-state index contributed by atoms with van der Waals surface area (Å²) in [7, 11) is 0. The molecule has 0 aliphatic carbocycles. The summed E-state index contributed by atoms with van der Waals surface area (Å²) in [5, 5.41) is 14.5. The van der Waals surface area contributed by atoms with Crippen molar-refractivity contribution in [3.05, 3.63) is 69.5 Å². The molecule has 0 aromatic heterocycles. The van der Waals surface area contributed by atoms with E-state index in [0.29, 0.717) is 38.5 Å². The lowest BCUT2D eigenvalue weighted by atomic mass is 10.0. The molecule has 0 saturated carbocycles. The Balaban J connectivity index is 1.50. The van der Waals surface area contributed by atoms with Gasteiger partial charge in [0.2, 0.25) is 0 Å². The molecular formula is C23H27FN4O4. The highest BCUT2D eigenvalue weighted by molar-refractivity contribution is 5.95. The van der Waals surface area contributed by atoms with Gasteiger partial charge < -0.3 is 15.0 Å². The van der Waals surface area contributed by atoms with Gasteiger partial charge >= 0.3 is 0 Å². The fraction of sp³-hybridized carbons (Fsp3) is 0.435. The number of nitro groups is 1. The number of rotatable bonds is 7. The Bertz CT molecular complexity index is 957. The van der Waals surface area contributed by atoms with Crippen LogP contribution in [0, 0.1) is 15.9 Å². The first-order valence-corrected chi connectivity index (χ1v) is 10.9. The summed E-state index contributed by atoms with van der Waals surface area (Å²) >= 11 is 0. The predicted molar refractivity (Wildman–Crippen MR) is 118 cm³/mol. The lowest BCUT2D eigenvalue weighted by Crippen LogP contribution is -2.43. The first-order chi connectivity index (χ1) is 15.5. The van der Waals surface area contributed by atoms with Crippen LogP contribution in [0.1, 0.15) is 34.8 Å². The van der Waals surface area contributed by atoms with Gasteiger partial charge in [0.15, 0.2) is 0 Å². The fourth-order valence-electron chi connectivity index (χ4n) is 4.36. The van der Waals surface area contributed by atoms with Crippen LogP contribution in [0.4, 0.5) is 15.8 Å². The third kappa shape index (κ3) is 5.05. The number of anilines is 1. The second-order valence-electron chi connectivity index (χ2n) is 8.08. The van der Waals surface area contributed by atoms with E-state index >= 15 is 0 Å². The number of halogens is 1. The van der Waals surface area contributed by atoms with Crippen molar-refractivity contribution in [3.8, 4) is 0 Å². The molecule has 0 radical (unpaired) electrons. The van der Waals surface area contributed by atoms with Gasteiger partial charge in [-0.25, -0.2) is 4.39 Å². The molecule has 1 N–H and O–H groups in total. The summed E-state index contributed by atoms with van der Waals surface area (Å²) in [6.45, 7) is 4.45. The predicted octanol–water partition coefficient (Wildman–Crippen LogP) is 3.14. The second kappa shape index (κ2) is 10.1. The van der Waals surface area contributed by atoms with Crippen molar-refractivity contribution in [3.63, 3.8) is 0 Å². The number of amides is 1. The van der Waals surface area contributed by atoms with Crippen molar-refractivity contribution >= 4 is 17.3 Å². The number of hydrogen-bond acceptors (Lipinski definition) is 6. The van der Waals surface area contributed by atoms with E-state index < -0.39 is 4.92 Å². The van der Waals surface area contributed by atoms with Crippen LogP contribution >= 0.6 is 0 Å². The lowest BCUT2D eigenvalue weighted by Gasteiger charge is -2.35. The smallest absolute Gasteiger partial charge is 0.293 e. The number of ether oxygens (including phenoxy) is 1. The largest absolute Gasteiger partial charge is 0.379 e. The number of morpholine rings is 1. The van der Waals surface area contributed by atoms with E-state index in [4.69, 9.17) is 4.74 Å². The molecule has 9 heteroatoms. The quantitative estimate of drug-likeness (QED) is 0.524. The Hall–Kier alpha value is -3.04. The highest BCUT2D eigenvalue weighted by Gasteiger charge is 2.26. The van der Waals surface area contributed by atoms with E-state index in [9.17, 15) is 19.3 Å². The van der Waals surface area contributed by atoms with Gasteiger partial charge in [-0.05, 0) is 42.7 Å². The zero-order valence-corrected chi connectivity index (χ0v) is 17.8. The molecule has 2 aromatic carbocycles. The van der Waals surface area contributed by atoms with Crippen LogP contribution in [0.5, 0.6) is 0 Å². The summed E-state index contributed by atoms with van der Waals surface area (Å²) in [5.74, 6) is -0.689. The van der Waals surface area contributed by atoms with Gasteiger partial charge in [0.1, 0.15) is 11.5 Å². The fourth-order valence-corrected chi connectivity index (χ4v) is 4.36. The standard InChI is InChI=1S/C23H27FN4O4/c24-19-6-3-17(4-7-19)22(27-11-13-32-14-12-27)16-25-23(29)18-5-8-20(21(15-18)28(30)31)26-9-1-2-10-26/h3-8,15,22H,1-2,9-14,16H2,(H,25,29)/t22-/m1/s1. The van der Waals surface area contributed by atoms with Crippen LogP contribution < -0.4 is 10.2 Å².